The van der Waals surface area contributed by atoms with E-state index in [2.05, 4.69) is 10.2 Å². The molecule has 2 rings (SSSR count). The van der Waals surface area contributed by atoms with Gasteiger partial charge in [0, 0.05) is 20.1 Å². The molecule has 1 aromatic carbocycles. The minimum Gasteiger partial charge on any atom is -0.372 e. The Morgan fingerprint density at radius 1 is 1.33 bits per heavy atom. The average molecular weight is 250 g/mol. The second kappa shape index (κ2) is 6.19. The first-order valence-corrected chi connectivity index (χ1v) is 6.85. The molecule has 18 heavy (non-hydrogen) atoms. The summed E-state index contributed by atoms with van der Waals surface area (Å²) < 4.78 is 14.0. The standard InChI is InChI=1S/C15H23FN2/c1-17-10-13-8-5-9-14(16)15(13)18(2)11-12-6-3-4-7-12/h5,8-9,12,17H,3-4,6-7,10-11H2,1-2H3. The van der Waals surface area contributed by atoms with Crippen molar-refractivity contribution in [3.05, 3.63) is 29.6 Å². The normalized spacial score (nSPS) is 16.2. The summed E-state index contributed by atoms with van der Waals surface area (Å²) in [6.45, 7) is 1.68. The monoisotopic (exact) mass is 250 g/mol. The Balaban J connectivity index is 2.14. The summed E-state index contributed by atoms with van der Waals surface area (Å²) in [6.07, 6.45) is 5.25. The van der Waals surface area contributed by atoms with Gasteiger partial charge in [-0.3, -0.25) is 0 Å². The molecular formula is C15H23FN2. The number of nitrogens with one attached hydrogen (secondary N) is 1. The number of hydrogen-bond acceptors (Lipinski definition) is 2. The third-order valence-corrected chi connectivity index (χ3v) is 3.83. The van der Waals surface area contributed by atoms with E-state index in [0.717, 1.165) is 23.7 Å². The first-order chi connectivity index (χ1) is 8.72. The maximum atomic E-state index is 14.0. The Morgan fingerprint density at radius 2 is 2.06 bits per heavy atom. The van der Waals surface area contributed by atoms with Crippen LogP contribution in [0.3, 0.4) is 0 Å². The predicted octanol–water partition coefficient (Wildman–Crippen LogP) is 3.17. The minimum absolute atomic E-state index is 0.108. The van der Waals surface area contributed by atoms with E-state index in [1.54, 1.807) is 12.1 Å². The van der Waals surface area contributed by atoms with E-state index >= 15 is 0 Å². The van der Waals surface area contributed by atoms with Gasteiger partial charge in [-0.1, -0.05) is 25.0 Å². The van der Waals surface area contributed by atoms with E-state index in [9.17, 15) is 4.39 Å². The largest absolute Gasteiger partial charge is 0.372 e. The SMILES string of the molecule is CNCc1cccc(F)c1N(C)CC1CCCC1. The number of halogens is 1. The summed E-state index contributed by atoms with van der Waals surface area (Å²) in [5.41, 5.74) is 1.80. The van der Waals surface area contributed by atoms with Crippen LogP contribution >= 0.6 is 0 Å². The first-order valence-electron chi connectivity index (χ1n) is 6.85. The lowest BCUT2D eigenvalue weighted by Crippen LogP contribution is -2.26. The Kier molecular flexibility index (Phi) is 4.59. The fourth-order valence-corrected chi connectivity index (χ4v) is 2.99. The van der Waals surface area contributed by atoms with Gasteiger partial charge in [-0.2, -0.15) is 0 Å². The smallest absolute Gasteiger partial charge is 0.146 e. The quantitative estimate of drug-likeness (QED) is 0.863. The molecule has 0 aromatic heterocycles. The lowest BCUT2D eigenvalue weighted by molar-refractivity contribution is 0.537. The zero-order chi connectivity index (χ0) is 13.0. The lowest BCUT2D eigenvalue weighted by atomic mass is 10.1. The third kappa shape index (κ3) is 3.02. The molecule has 3 heteroatoms. The van der Waals surface area contributed by atoms with Crippen molar-refractivity contribution in [2.45, 2.75) is 32.2 Å². The Bertz CT molecular complexity index is 386. The van der Waals surface area contributed by atoms with Gasteiger partial charge in [0.25, 0.3) is 0 Å². The van der Waals surface area contributed by atoms with Crippen LogP contribution in [0.4, 0.5) is 10.1 Å². The fourth-order valence-electron chi connectivity index (χ4n) is 2.99. The second-order valence-electron chi connectivity index (χ2n) is 5.31. The van der Waals surface area contributed by atoms with Crippen LogP contribution in [0.1, 0.15) is 31.2 Å². The Hall–Kier alpha value is -1.09. The molecule has 0 aliphatic heterocycles. The van der Waals surface area contributed by atoms with E-state index in [1.165, 1.54) is 25.7 Å². The highest BCUT2D eigenvalue weighted by atomic mass is 19.1. The van der Waals surface area contributed by atoms with Gasteiger partial charge in [-0.25, -0.2) is 4.39 Å². The second-order valence-corrected chi connectivity index (χ2v) is 5.31. The lowest BCUT2D eigenvalue weighted by Gasteiger charge is -2.26. The summed E-state index contributed by atoms with van der Waals surface area (Å²) >= 11 is 0. The van der Waals surface area contributed by atoms with Crippen LogP contribution in [-0.4, -0.2) is 20.6 Å². The van der Waals surface area contributed by atoms with Crippen LogP contribution in [0.15, 0.2) is 18.2 Å². The maximum absolute atomic E-state index is 14.0. The highest BCUT2D eigenvalue weighted by Crippen LogP contribution is 2.29. The Labute approximate surface area is 109 Å². The molecular weight excluding hydrogens is 227 g/mol. The van der Waals surface area contributed by atoms with Crippen LogP contribution in [0.2, 0.25) is 0 Å². The van der Waals surface area contributed by atoms with Crippen molar-refractivity contribution in [3.63, 3.8) is 0 Å². The van der Waals surface area contributed by atoms with Crippen molar-refractivity contribution < 1.29 is 4.39 Å². The van der Waals surface area contributed by atoms with Crippen LogP contribution < -0.4 is 10.2 Å². The van der Waals surface area contributed by atoms with Crippen molar-refractivity contribution in [2.75, 3.05) is 25.5 Å². The molecule has 1 N–H and O–H groups in total. The highest BCUT2D eigenvalue weighted by Gasteiger charge is 2.19. The summed E-state index contributed by atoms with van der Waals surface area (Å²) in [4.78, 5) is 2.10. The van der Waals surface area contributed by atoms with Gasteiger partial charge in [-0.15, -0.1) is 0 Å². The molecule has 1 aromatic rings. The number of para-hydroxylation sites is 1. The van der Waals surface area contributed by atoms with E-state index in [1.807, 2.05) is 20.2 Å². The highest BCUT2D eigenvalue weighted by molar-refractivity contribution is 5.54. The number of hydrogen-bond donors (Lipinski definition) is 1. The zero-order valence-corrected chi connectivity index (χ0v) is 11.4. The molecule has 1 fully saturated rings. The number of benzene rings is 1. The zero-order valence-electron chi connectivity index (χ0n) is 11.4. The van der Waals surface area contributed by atoms with Crippen molar-refractivity contribution >= 4 is 5.69 Å². The molecule has 0 heterocycles. The molecule has 0 atom stereocenters. The summed E-state index contributed by atoms with van der Waals surface area (Å²) in [5.74, 6) is 0.625. The Morgan fingerprint density at radius 3 is 2.72 bits per heavy atom. The van der Waals surface area contributed by atoms with E-state index in [4.69, 9.17) is 0 Å². The van der Waals surface area contributed by atoms with Gasteiger partial charge >= 0.3 is 0 Å². The molecule has 1 aliphatic carbocycles. The number of anilines is 1. The fraction of sp³-hybridized carbons (Fsp3) is 0.600. The summed E-state index contributed by atoms with van der Waals surface area (Å²) in [7, 11) is 3.90. The predicted molar refractivity (Wildman–Crippen MR) is 74.4 cm³/mol. The summed E-state index contributed by atoms with van der Waals surface area (Å²) in [5, 5.41) is 3.11. The topological polar surface area (TPSA) is 15.3 Å². The number of rotatable bonds is 5. The minimum atomic E-state index is -0.108. The van der Waals surface area contributed by atoms with Crippen LogP contribution in [0.25, 0.3) is 0 Å². The van der Waals surface area contributed by atoms with E-state index in [0.29, 0.717) is 6.54 Å². The van der Waals surface area contributed by atoms with Crippen molar-refractivity contribution in [2.24, 2.45) is 5.92 Å². The van der Waals surface area contributed by atoms with Crippen molar-refractivity contribution in [1.82, 2.24) is 5.32 Å². The molecule has 100 valence electrons. The molecule has 0 amide bonds. The molecule has 0 bridgehead atoms. The summed E-state index contributed by atoms with van der Waals surface area (Å²) in [6, 6.07) is 5.34. The van der Waals surface area contributed by atoms with Crippen LogP contribution in [0.5, 0.6) is 0 Å². The number of nitrogens with zero attached hydrogens (tertiary/aromatic N) is 1. The van der Waals surface area contributed by atoms with Crippen LogP contribution in [0, 0.1) is 11.7 Å². The molecule has 0 spiro atoms. The van der Waals surface area contributed by atoms with E-state index < -0.39 is 0 Å². The van der Waals surface area contributed by atoms with Gasteiger partial charge in [0.2, 0.25) is 0 Å². The van der Waals surface area contributed by atoms with Crippen LogP contribution in [-0.2, 0) is 6.54 Å². The molecule has 0 radical (unpaired) electrons. The molecule has 2 nitrogen and oxygen atoms in total. The van der Waals surface area contributed by atoms with Gasteiger partial charge in [0.1, 0.15) is 5.82 Å². The van der Waals surface area contributed by atoms with E-state index in [-0.39, 0.29) is 5.82 Å². The van der Waals surface area contributed by atoms with Crippen molar-refractivity contribution in [1.29, 1.82) is 0 Å². The first kappa shape index (κ1) is 13.3. The van der Waals surface area contributed by atoms with Gasteiger partial charge in [0.15, 0.2) is 0 Å². The van der Waals surface area contributed by atoms with Gasteiger partial charge in [-0.05, 0) is 37.4 Å². The molecule has 0 unspecified atom stereocenters. The maximum Gasteiger partial charge on any atom is 0.146 e. The average Bonchev–Trinajstić information content (AvgIpc) is 2.82. The van der Waals surface area contributed by atoms with Crippen molar-refractivity contribution in [3.8, 4) is 0 Å². The molecule has 1 aliphatic rings. The molecule has 0 saturated heterocycles. The molecule has 1 saturated carbocycles. The third-order valence-electron chi connectivity index (χ3n) is 3.83. The van der Waals surface area contributed by atoms with Gasteiger partial charge < -0.3 is 10.2 Å². The van der Waals surface area contributed by atoms with Gasteiger partial charge in [0.05, 0.1) is 5.69 Å².